The highest BCUT2D eigenvalue weighted by Gasteiger charge is 2.45. The summed E-state index contributed by atoms with van der Waals surface area (Å²) in [5.41, 5.74) is -0.524. The normalized spacial score (nSPS) is 20.9. The molecular weight excluding hydrogens is 228 g/mol. The third-order valence-corrected chi connectivity index (χ3v) is 3.56. The summed E-state index contributed by atoms with van der Waals surface area (Å²) in [5.74, 6) is 0.339. The van der Waals surface area contributed by atoms with Gasteiger partial charge in [0.25, 0.3) is 0 Å². The zero-order valence-electron chi connectivity index (χ0n) is 12.2. The number of hydrogen-bond acceptors (Lipinski definition) is 3. The minimum atomic E-state index is -0.524. The number of carbonyl (C=O) groups is 2. The molecule has 1 heterocycles. The van der Waals surface area contributed by atoms with Crippen LogP contribution < -0.4 is 5.32 Å². The van der Waals surface area contributed by atoms with Crippen LogP contribution in [-0.2, 0) is 9.59 Å². The van der Waals surface area contributed by atoms with Crippen LogP contribution in [-0.4, -0.2) is 35.8 Å². The molecule has 1 rings (SSSR count). The number of nitrogens with zero attached hydrogens (tertiary/aromatic N) is 1. The van der Waals surface area contributed by atoms with Crippen molar-refractivity contribution in [3.8, 4) is 0 Å². The van der Waals surface area contributed by atoms with E-state index in [0.29, 0.717) is 18.9 Å². The van der Waals surface area contributed by atoms with E-state index >= 15 is 0 Å². The third kappa shape index (κ3) is 3.31. The molecule has 1 fully saturated rings. The van der Waals surface area contributed by atoms with Crippen molar-refractivity contribution < 1.29 is 9.59 Å². The summed E-state index contributed by atoms with van der Waals surface area (Å²) < 4.78 is 0. The van der Waals surface area contributed by atoms with Crippen molar-refractivity contribution >= 4 is 11.8 Å². The van der Waals surface area contributed by atoms with Gasteiger partial charge in [0.15, 0.2) is 0 Å². The SMILES string of the molecule is CCCNC(CN1C(=O)CC(C)(C)C1=O)C(C)C. The van der Waals surface area contributed by atoms with Crippen LogP contribution in [0, 0.1) is 11.3 Å². The first-order valence-corrected chi connectivity index (χ1v) is 6.87. The van der Waals surface area contributed by atoms with Gasteiger partial charge in [-0.05, 0) is 18.9 Å². The Morgan fingerprint density at radius 2 is 1.94 bits per heavy atom. The smallest absolute Gasteiger partial charge is 0.235 e. The Hall–Kier alpha value is -0.900. The molecule has 0 aliphatic carbocycles. The number of likely N-dealkylation sites (tertiary alicyclic amines) is 1. The molecule has 4 heteroatoms. The number of hydrogen-bond donors (Lipinski definition) is 1. The van der Waals surface area contributed by atoms with Gasteiger partial charge >= 0.3 is 0 Å². The second-order valence-corrected chi connectivity index (χ2v) is 6.17. The number of nitrogens with one attached hydrogen (secondary N) is 1. The zero-order valence-corrected chi connectivity index (χ0v) is 12.2. The second-order valence-electron chi connectivity index (χ2n) is 6.17. The topological polar surface area (TPSA) is 49.4 Å². The van der Waals surface area contributed by atoms with E-state index in [1.165, 1.54) is 4.90 Å². The molecule has 2 amide bonds. The Morgan fingerprint density at radius 1 is 1.33 bits per heavy atom. The van der Waals surface area contributed by atoms with E-state index in [1.807, 2.05) is 13.8 Å². The second kappa shape index (κ2) is 5.83. The maximum Gasteiger partial charge on any atom is 0.235 e. The van der Waals surface area contributed by atoms with Gasteiger partial charge in [-0.15, -0.1) is 0 Å². The predicted octanol–water partition coefficient (Wildman–Crippen LogP) is 1.80. The van der Waals surface area contributed by atoms with Gasteiger partial charge in [0.1, 0.15) is 0 Å². The molecule has 104 valence electrons. The highest BCUT2D eigenvalue weighted by molar-refractivity contribution is 6.05. The fourth-order valence-corrected chi connectivity index (χ4v) is 2.25. The minimum absolute atomic E-state index is 0.0311. The number of rotatable bonds is 6. The average Bonchev–Trinajstić information content (AvgIpc) is 2.45. The molecule has 0 bridgehead atoms. The standard InChI is InChI=1S/C14H26N2O2/c1-6-7-15-11(10(2)3)9-16-12(17)8-14(4,5)13(16)18/h10-11,15H,6-9H2,1-5H3. The number of amides is 2. The summed E-state index contributed by atoms with van der Waals surface area (Å²) in [5, 5.41) is 3.42. The Morgan fingerprint density at radius 3 is 2.33 bits per heavy atom. The van der Waals surface area contributed by atoms with Crippen LogP contribution in [0.1, 0.15) is 47.5 Å². The summed E-state index contributed by atoms with van der Waals surface area (Å²) in [7, 11) is 0. The van der Waals surface area contributed by atoms with Crippen molar-refractivity contribution in [2.24, 2.45) is 11.3 Å². The van der Waals surface area contributed by atoms with Crippen molar-refractivity contribution in [2.45, 2.75) is 53.5 Å². The molecule has 1 unspecified atom stereocenters. The van der Waals surface area contributed by atoms with Gasteiger partial charge in [0, 0.05) is 19.0 Å². The van der Waals surface area contributed by atoms with Gasteiger partial charge in [0.05, 0.1) is 5.41 Å². The van der Waals surface area contributed by atoms with Crippen LogP contribution in [0.5, 0.6) is 0 Å². The van der Waals surface area contributed by atoms with E-state index in [9.17, 15) is 9.59 Å². The minimum Gasteiger partial charge on any atom is -0.312 e. The van der Waals surface area contributed by atoms with Gasteiger partial charge in [-0.3, -0.25) is 14.5 Å². The van der Waals surface area contributed by atoms with Gasteiger partial charge < -0.3 is 5.32 Å². The van der Waals surface area contributed by atoms with Crippen molar-refractivity contribution in [1.82, 2.24) is 10.2 Å². The van der Waals surface area contributed by atoms with Crippen LogP contribution >= 0.6 is 0 Å². The van der Waals surface area contributed by atoms with Crippen molar-refractivity contribution in [3.05, 3.63) is 0 Å². The Kier molecular flexibility index (Phi) is 4.91. The van der Waals surface area contributed by atoms with Crippen LogP contribution in [0.15, 0.2) is 0 Å². The zero-order chi connectivity index (χ0) is 13.9. The maximum absolute atomic E-state index is 12.1. The molecule has 1 N–H and O–H groups in total. The molecule has 1 atom stereocenters. The Balaban J connectivity index is 2.69. The molecule has 0 spiro atoms. The fourth-order valence-electron chi connectivity index (χ4n) is 2.25. The monoisotopic (exact) mass is 254 g/mol. The molecule has 1 saturated heterocycles. The Bertz CT molecular complexity index is 324. The lowest BCUT2D eigenvalue weighted by Crippen LogP contribution is -2.47. The fraction of sp³-hybridized carbons (Fsp3) is 0.857. The largest absolute Gasteiger partial charge is 0.312 e. The third-order valence-electron chi connectivity index (χ3n) is 3.56. The lowest BCUT2D eigenvalue weighted by molar-refractivity contribution is -0.141. The van der Waals surface area contributed by atoms with E-state index in [4.69, 9.17) is 0 Å². The molecule has 1 aliphatic rings. The first-order chi connectivity index (χ1) is 8.29. The maximum atomic E-state index is 12.1. The molecule has 18 heavy (non-hydrogen) atoms. The van der Waals surface area contributed by atoms with Crippen LogP contribution in [0.3, 0.4) is 0 Å². The van der Waals surface area contributed by atoms with Crippen LogP contribution in [0.2, 0.25) is 0 Å². The predicted molar refractivity (Wildman–Crippen MR) is 72.0 cm³/mol. The molecule has 0 aromatic rings. The molecule has 0 aromatic carbocycles. The summed E-state index contributed by atoms with van der Waals surface area (Å²) in [6.45, 7) is 11.4. The van der Waals surface area contributed by atoms with Crippen molar-refractivity contribution in [3.63, 3.8) is 0 Å². The highest BCUT2D eigenvalue weighted by atomic mass is 16.2. The lowest BCUT2D eigenvalue weighted by atomic mass is 9.92. The van der Waals surface area contributed by atoms with E-state index in [1.54, 1.807) is 0 Å². The Labute approximate surface area is 110 Å². The number of carbonyl (C=O) groups excluding carboxylic acids is 2. The van der Waals surface area contributed by atoms with E-state index in [2.05, 4.69) is 26.1 Å². The van der Waals surface area contributed by atoms with Gasteiger partial charge in [-0.25, -0.2) is 0 Å². The van der Waals surface area contributed by atoms with Gasteiger partial charge in [0.2, 0.25) is 11.8 Å². The molecular formula is C14H26N2O2. The summed E-state index contributed by atoms with van der Waals surface area (Å²) in [4.78, 5) is 25.5. The molecule has 1 aliphatic heterocycles. The highest BCUT2D eigenvalue weighted by Crippen LogP contribution is 2.31. The van der Waals surface area contributed by atoms with E-state index in [-0.39, 0.29) is 17.9 Å². The first kappa shape index (κ1) is 15.2. The molecule has 4 nitrogen and oxygen atoms in total. The van der Waals surface area contributed by atoms with Crippen LogP contribution in [0.4, 0.5) is 0 Å². The quantitative estimate of drug-likeness (QED) is 0.735. The first-order valence-electron chi connectivity index (χ1n) is 6.87. The van der Waals surface area contributed by atoms with Gasteiger partial charge in [-0.2, -0.15) is 0 Å². The number of imide groups is 1. The average molecular weight is 254 g/mol. The molecule has 0 aromatic heterocycles. The lowest BCUT2D eigenvalue weighted by Gasteiger charge is -2.27. The summed E-state index contributed by atoms with van der Waals surface area (Å²) in [6, 6.07) is 0.187. The van der Waals surface area contributed by atoms with Crippen LogP contribution in [0.25, 0.3) is 0 Å². The van der Waals surface area contributed by atoms with Crippen molar-refractivity contribution in [1.29, 1.82) is 0 Å². The van der Waals surface area contributed by atoms with Crippen molar-refractivity contribution in [2.75, 3.05) is 13.1 Å². The van der Waals surface area contributed by atoms with Gasteiger partial charge in [-0.1, -0.05) is 34.6 Å². The summed E-state index contributed by atoms with van der Waals surface area (Å²) >= 11 is 0. The molecule has 0 radical (unpaired) electrons. The molecule has 0 saturated carbocycles. The summed E-state index contributed by atoms with van der Waals surface area (Å²) in [6.07, 6.45) is 1.39. The van der Waals surface area contributed by atoms with E-state index in [0.717, 1.165) is 13.0 Å². The van der Waals surface area contributed by atoms with E-state index < -0.39 is 5.41 Å².